The van der Waals surface area contributed by atoms with Crippen molar-refractivity contribution in [3.63, 3.8) is 0 Å². The predicted octanol–water partition coefficient (Wildman–Crippen LogP) is 3.03. The zero-order valence-electron chi connectivity index (χ0n) is 13.8. The second-order valence-corrected chi connectivity index (χ2v) is 5.47. The van der Waals surface area contributed by atoms with Crippen LogP contribution in [0.15, 0.2) is 30.5 Å². The fourth-order valence-electron chi connectivity index (χ4n) is 2.11. The van der Waals surface area contributed by atoms with E-state index in [9.17, 15) is 9.59 Å². The molecule has 1 aromatic carbocycles. The largest absolute Gasteiger partial charge is 0.458 e. The SMILES string of the molecule is CCn1cc(NC(=O)c2ccccc2C)c(C(=O)OC(C)C)n1. The first-order valence-corrected chi connectivity index (χ1v) is 7.57. The molecule has 1 heterocycles. The number of nitrogens with one attached hydrogen (secondary N) is 1. The number of hydrogen-bond donors (Lipinski definition) is 1. The first kappa shape index (κ1) is 16.7. The third-order valence-electron chi connectivity index (χ3n) is 3.26. The van der Waals surface area contributed by atoms with Gasteiger partial charge in [-0.3, -0.25) is 9.48 Å². The fourth-order valence-corrected chi connectivity index (χ4v) is 2.11. The van der Waals surface area contributed by atoms with Crippen molar-refractivity contribution < 1.29 is 14.3 Å². The van der Waals surface area contributed by atoms with Crippen molar-refractivity contribution in [2.75, 3.05) is 5.32 Å². The maximum atomic E-state index is 12.4. The van der Waals surface area contributed by atoms with E-state index in [1.54, 1.807) is 36.9 Å². The smallest absolute Gasteiger partial charge is 0.361 e. The van der Waals surface area contributed by atoms with Crippen molar-refractivity contribution in [3.8, 4) is 0 Å². The number of aryl methyl sites for hydroxylation is 2. The van der Waals surface area contributed by atoms with Gasteiger partial charge >= 0.3 is 5.97 Å². The molecule has 0 unspecified atom stereocenters. The van der Waals surface area contributed by atoms with Gasteiger partial charge < -0.3 is 10.1 Å². The van der Waals surface area contributed by atoms with Gasteiger partial charge in [-0.2, -0.15) is 5.10 Å². The molecule has 1 aromatic heterocycles. The lowest BCUT2D eigenvalue weighted by Gasteiger charge is -2.09. The van der Waals surface area contributed by atoms with Gasteiger partial charge in [0, 0.05) is 18.3 Å². The second kappa shape index (κ2) is 7.09. The number of esters is 1. The van der Waals surface area contributed by atoms with Crippen LogP contribution in [0.3, 0.4) is 0 Å². The van der Waals surface area contributed by atoms with Crippen molar-refractivity contribution >= 4 is 17.6 Å². The molecule has 23 heavy (non-hydrogen) atoms. The van der Waals surface area contributed by atoms with Gasteiger partial charge in [-0.25, -0.2) is 4.79 Å². The molecule has 0 spiro atoms. The summed E-state index contributed by atoms with van der Waals surface area (Å²) in [6.07, 6.45) is 1.38. The Hall–Kier alpha value is -2.63. The second-order valence-electron chi connectivity index (χ2n) is 5.47. The summed E-state index contributed by atoms with van der Waals surface area (Å²) < 4.78 is 6.77. The number of aromatic nitrogens is 2. The van der Waals surface area contributed by atoms with E-state index in [2.05, 4.69) is 10.4 Å². The summed E-state index contributed by atoms with van der Waals surface area (Å²) in [7, 11) is 0. The molecule has 2 aromatic rings. The Kier molecular flexibility index (Phi) is 5.16. The van der Waals surface area contributed by atoms with Crippen LogP contribution in [-0.4, -0.2) is 27.8 Å². The Morgan fingerprint density at radius 1 is 1.30 bits per heavy atom. The van der Waals surface area contributed by atoms with Crippen LogP contribution < -0.4 is 5.32 Å². The molecule has 1 amide bonds. The minimum absolute atomic E-state index is 0.113. The summed E-state index contributed by atoms with van der Waals surface area (Å²) >= 11 is 0. The first-order chi connectivity index (χ1) is 10.9. The molecule has 122 valence electrons. The standard InChI is InChI=1S/C17H21N3O3/c1-5-20-10-14(15(19-20)17(22)23-11(2)3)18-16(21)13-9-7-6-8-12(13)4/h6-11H,5H2,1-4H3,(H,18,21). The zero-order chi connectivity index (χ0) is 17.0. The van der Waals surface area contributed by atoms with E-state index < -0.39 is 5.97 Å². The normalized spacial score (nSPS) is 10.7. The van der Waals surface area contributed by atoms with Crippen molar-refractivity contribution in [3.05, 3.63) is 47.3 Å². The van der Waals surface area contributed by atoms with Crippen LogP contribution in [0.1, 0.15) is 47.2 Å². The van der Waals surface area contributed by atoms with Gasteiger partial charge in [0.05, 0.1) is 11.8 Å². The fraction of sp³-hybridized carbons (Fsp3) is 0.353. The van der Waals surface area contributed by atoms with E-state index in [0.717, 1.165) is 5.56 Å². The van der Waals surface area contributed by atoms with E-state index in [0.29, 0.717) is 17.8 Å². The van der Waals surface area contributed by atoms with Crippen molar-refractivity contribution in [2.45, 2.75) is 40.3 Å². The zero-order valence-corrected chi connectivity index (χ0v) is 13.8. The molecule has 0 aliphatic heterocycles. The Bertz CT molecular complexity index is 720. The lowest BCUT2D eigenvalue weighted by molar-refractivity contribution is 0.0371. The van der Waals surface area contributed by atoms with E-state index in [4.69, 9.17) is 4.74 Å². The van der Waals surface area contributed by atoms with Crippen molar-refractivity contribution in [1.82, 2.24) is 9.78 Å². The maximum absolute atomic E-state index is 12.4. The van der Waals surface area contributed by atoms with Crippen LogP contribution in [0.2, 0.25) is 0 Å². The van der Waals surface area contributed by atoms with E-state index in [1.165, 1.54) is 0 Å². The van der Waals surface area contributed by atoms with Crippen LogP contribution in [-0.2, 0) is 11.3 Å². The number of rotatable bonds is 5. The summed E-state index contributed by atoms with van der Waals surface area (Å²) in [4.78, 5) is 24.6. The molecule has 0 atom stereocenters. The number of nitrogens with zero attached hydrogens (tertiary/aromatic N) is 2. The molecule has 0 fully saturated rings. The lowest BCUT2D eigenvalue weighted by atomic mass is 10.1. The highest BCUT2D eigenvalue weighted by Gasteiger charge is 2.21. The monoisotopic (exact) mass is 315 g/mol. The first-order valence-electron chi connectivity index (χ1n) is 7.57. The molecule has 0 bridgehead atoms. The van der Waals surface area contributed by atoms with E-state index in [1.807, 2.05) is 26.0 Å². The van der Waals surface area contributed by atoms with Gasteiger partial charge in [0.25, 0.3) is 5.91 Å². The topological polar surface area (TPSA) is 73.2 Å². The van der Waals surface area contributed by atoms with Crippen LogP contribution in [0, 0.1) is 6.92 Å². The number of carbonyl (C=O) groups is 2. The molecule has 2 rings (SSSR count). The highest BCUT2D eigenvalue weighted by atomic mass is 16.5. The number of anilines is 1. The summed E-state index contributed by atoms with van der Waals surface area (Å²) in [5.74, 6) is -0.829. The number of amides is 1. The number of hydrogen-bond acceptors (Lipinski definition) is 4. The van der Waals surface area contributed by atoms with Crippen molar-refractivity contribution in [1.29, 1.82) is 0 Å². The van der Waals surface area contributed by atoms with Crippen molar-refractivity contribution in [2.24, 2.45) is 0 Å². The molecule has 0 saturated carbocycles. The number of benzene rings is 1. The molecule has 6 nitrogen and oxygen atoms in total. The molecular weight excluding hydrogens is 294 g/mol. The Balaban J connectivity index is 2.28. The minimum Gasteiger partial charge on any atom is -0.458 e. The number of carbonyl (C=O) groups excluding carboxylic acids is 2. The number of ether oxygens (including phenoxy) is 1. The van der Waals surface area contributed by atoms with Gasteiger partial charge in [-0.05, 0) is 39.3 Å². The van der Waals surface area contributed by atoms with Gasteiger partial charge in [0.1, 0.15) is 0 Å². The molecular formula is C17H21N3O3. The average molecular weight is 315 g/mol. The third-order valence-corrected chi connectivity index (χ3v) is 3.26. The summed E-state index contributed by atoms with van der Waals surface area (Å²) in [5, 5.41) is 6.93. The Morgan fingerprint density at radius 2 is 2.00 bits per heavy atom. The van der Waals surface area contributed by atoms with Gasteiger partial charge in [-0.15, -0.1) is 0 Å². The molecule has 0 radical (unpaired) electrons. The van der Waals surface area contributed by atoms with E-state index >= 15 is 0 Å². The summed E-state index contributed by atoms with van der Waals surface area (Å²) in [5.41, 5.74) is 1.88. The third kappa shape index (κ3) is 3.97. The Morgan fingerprint density at radius 3 is 2.61 bits per heavy atom. The highest BCUT2D eigenvalue weighted by Crippen LogP contribution is 2.18. The lowest BCUT2D eigenvalue weighted by Crippen LogP contribution is -2.17. The Labute approximate surface area is 135 Å². The molecule has 0 saturated heterocycles. The van der Waals surface area contributed by atoms with Crippen LogP contribution in [0.4, 0.5) is 5.69 Å². The molecule has 1 N–H and O–H groups in total. The van der Waals surface area contributed by atoms with Crippen LogP contribution >= 0.6 is 0 Å². The predicted molar refractivity (Wildman–Crippen MR) is 87.6 cm³/mol. The molecule has 6 heteroatoms. The van der Waals surface area contributed by atoms with Crippen LogP contribution in [0.5, 0.6) is 0 Å². The summed E-state index contributed by atoms with van der Waals surface area (Å²) in [6.45, 7) is 7.87. The van der Waals surface area contributed by atoms with Gasteiger partial charge in [0.15, 0.2) is 5.69 Å². The summed E-state index contributed by atoms with van der Waals surface area (Å²) in [6, 6.07) is 7.26. The van der Waals surface area contributed by atoms with Gasteiger partial charge in [-0.1, -0.05) is 18.2 Å². The minimum atomic E-state index is -0.549. The highest BCUT2D eigenvalue weighted by molar-refractivity contribution is 6.08. The molecule has 0 aliphatic rings. The van der Waals surface area contributed by atoms with E-state index in [-0.39, 0.29) is 17.7 Å². The van der Waals surface area contributed by atoms with Crippen LogP contribution in [0.25, 0.3) is 0 Å². The maximum Gasteiger partial charge on any atom is 0.361 e. The van der Waals surface area contributed by atoms with Gasteiger partial charge in [0.2, 0.25) is 0 Å². The molecule has 0 aliphatic carbocycles. The average Bonchev–Trinajstić information content (AvgIpc) is 2.90. The quantitative estimate of drug-likeness (QED) is 0.861.